The molecule has 0 aromatic heterocycles. The second-order valence-electron chi connectivity index (χ2n) is 4.66. The van der Waals surface area contributed by atoms with Gasteiger partial charge >= 0.3 is 0 Å². The van der Waals surface area contributed by atoms with Gasteiger partial charge in [-0.15, -0.1) is 0 Å². The Bertz CT molecular complexity index is 183. The first-order chi connectivity index (χ1) is 8.19. The minimum absolute atomic E-state index is 0.301. The molecule has 0 saturated heterocycles. The standard InChI is InChI=1S/C14H30N2O/c1-5-9-15(10-6-2)13-14(17)16(11-7-3)12-8-4/h5-13H2,1-4H3. The maximum absolute atomic E-state index is 12.2. The molecule has 3 nitrogen and oxygen atoms in total. The van der Waals surface area contributed by atoms with Gasteiger partial charge in [-0.3, -0.25) is 9.69 Å². The molecule has 3 heteroatoms. The Kier molecular flexibility index (Phi) is 10.2. The SMILES string of the molecule is CCCN(CCC)CC(=O)N(CCC)CCC. The van der Waals surface area contributed by atoms with Gasteiger partial charge in [-0.05, 0) is 38.8 Å². The minimum Gasteiger partial charge on any atom is -0.342 e. The lowest BCUT2D eigenvalue weighted by Crippen LogP contribution is -2.41. The molecule has 0 rings (SSSR count). The van der Waals surface area contributed by atoms with Crippen LogP contribution in [0.15, 0.2) is 0 Å². The monoisotopic (exact) mass is 242 g/mol. The number of amides is 1. The van der Waals surface area contributed by atoms with Crippen LogP contribution >= 0.6 is 0 Å². The summed E-state index contributed by atoms with van der Waals surface area (Å²) in [4.78, 5) is 16.5. The quantitative estimate of drug-likeness (QED) is 0.588. The molecule has 0 unspecified atom stereocenters. The van der Waals surface area contributed by atoms with Crippen LogP contribution in [0.3, 0.4) is 0 Å². The van der Waals surface area contributed by atoms with Gasteiger partial charge < -0.3 is 4.90 Å². The second-order valence-corrected chi connectivity index (χ2v) is 4.66. The molecule has 0 aromatic carbocycles. The number of hydrogen-bond acceptors (Lipinski definition) is 2. The maximum atomic E-state index is 12.2. The van der Waals surface area contributed by atoms with Gasteiger partial charge in [0.05, 0.1) is 6.54 Å². The fourth-order valence-corrected chi connectivity index (χ4v) is 2.09. The number of hydrogen-bond donors (Lipinski definition) is 0. The minimum atomic E-state index is 0.301. The lowest BCUT2D eigenvalue weighted by Gasteiger charge is -2.26. The molecule has 0 aliphatic heterocycles. The van der Waals surface area contributed by atoms with Gasteiger partial charge in [0.25, 0.3) is 0 Å². The van der Waals surface area contributed by atoms with Crippen molar-refractivity contribution < 1.29 is 4.79 Å². The lowest BCUT2D eigenvalue weighted by molar-refractivity contribution is -0.132. The lowest BCUT2D eigenvalue weighted by atomic mass is 10.3. The first-order valence-electron chi connectivity index (χ1n) is 7.19. The Labute approximate surface area is 107 Å². The number of rotatable bonds is 10. The summed E-state index contributed by atoms with van der Waals surface area (Å²) < 4.78 is 0. The molecule has 0 atom stereocenters. The Morgan fingerprint density at radius 1 is 0.765 bits per heavy atom. The highest BCUT2D eigenvalue weighted by Crippen LogP contribution is 2.00. The molecule has 0 heterocycles. The van der Waals surface area contributed by atoms with Crippen LogP contribution in [0, 0.1) is 0 Å². The molecule has 0 radical (unpaired) electrons. The van der Waals surface area contributed by atoms with E-state index >= 15 is 0 Å². The molecule has 0 spiro atoms. The van der Waals surface area contributed by atoms with Gasteiger partial charge in [-0.1, -0.05) is 27.7 Å². The normalized spacial score (nSPS) is 10.9. The van der Waals surface area contributed by atoms with Gasteiger partial charge in [0.15, 0.2) is 0 Å². The third-order valence-corrected chi connectivity index (χ3v) is 2.78. The van der Waals surface area contributed by atoms with E-state index < -0.39 is 0 Å². The summed E-state index contributed by atoms with van der Waals surface area (Å²) >= 11 is 0. The summed E-state index contributed by atoms with van der Waals surface area (Å²) in [7, 11) is 0. The van der Waals surface area contributed by atoms with E-state index in [0.29, 0.717) is 12.5 Å². The van der Waals surface area contributed by atoms with E-state index in [4.69, 9.17) is 0 Å². The molecule has 0 N–H and O–H groups in total. The van der Waals surface area contributed by atoms with Crippen LogP contribution in [-0.2, 0) is 4.79 Å². The van der Waals surface area contributed by atoms with Crippen LogP contribution < -0.4 is 0 Å². The average molecular weight is 242 g/mol. The largest absolute Gasteiger partial charge is 0.342 e. The predicted octanol–water partition coefficient (Wildman–Crippen LogP) is 2.76. The Hall–Kier alpha value is -0.570. The maximum Gasteiger partial charge on any atom is 0.236 e. The number of nitrogens with zero attached hydrogens (tertiary/aromatic N) is 2. The Balaban J connectivity index is 4.22. The van der Waals surface area contributed by atoms with Crippen LogP contribution in [0.4, 0.5) is 0 Å². The van der Waals surface area contributed by atoms with Gasteiger partial charge in [-0.25, -0.2) is 0 Å². The summed E-state index contributed by atoms with van der Waals surface area (Å²) in [6, 6.07) is 0. The molecule has 0 saturated carbocycles. The highest BCUT2D eigenvalue weighted by Gasteiger charge is 2.15. The van der Waals surface area contributed by atoms with Gasteiger partial charge in [-0.2, -0.15) is 0 Å². The molecule has 1 amide bonds. The fraction of sp³-hybridized carbons (Fsp3) is 0.929. The summed E-state index contributed by atoms with van der Waals surface area (Å²) in [6.45, 7) is 13.1. The molecular weight excluding hydrogens is 212 g/mol. The second kappa shape index (κ2) is 10.6. The van der Waals surface area contributed by atoms with Gasteiger partial charge in [0.2, 0.25) is 5.91 Å². The van der Waals surface area contributed by atoms with Crippen molar-refractivity contribution in [2.45, 2.75) is 53.4 Å². The number of carbonyl (C=O) groups is 1. The van der Waals surface area contributed by atoms with E-state index in [1.165, 1.54) is 0 Å². The van der Waals surface area contributed by atoms with E-state index in [-0.39, 0.29) is 0 Å². The van der Waals surface area contributed by atoms with Crippen molar-refractivity contribution in [2.24, 2.45) is 0 Å². The molecule has 0 aromatic rings. The third kappa shape index (κ3) is 7.37. The third-order valence-electron chi connectivity index (χ3n) is 2.78. The number of carbonyl (C=O) groups excluding carboxylic acids is 1. The smallest absolute Gasteiger partial charge is 0.236 e. The zero-order valence-corrected chi connectivity index (χ0v) is 12.2. The topological polar surface area (TPSA) is 23.6 Å². The average Bonchev–Trinajstić information content (AvgIpc) is 2.29. The first-order valence-corrected chi connectivity index (χ1v) is 7.19. The summed E-state index contributed by atoms with van der Waals surface area (Å²) in [5.74, 6) is 0.301. The molecule has 0 aliphatic rings. The highest BCUT2D eigenvalue weighted by molar-refractivity contribution is 5.78. The summed E-state index contributed by atoms with van der Waals surface area (Å²) in [5.41, 5.74) is 0. The van der Waals surface area contributed by atoms with Gasteiger partial charge in [0, 0.05) is 13.1 Å². The van der Waals surface area contributed by atoms with Crippen molar-refractivity contribution in [3.8, 4) is 0 Å². The zero-order chi connectivity index (χ0) is 13.1. The fourth-order valence-electron chi connectivity index (χ4n) is 2.09. The predicted molar refractivity (Wildman–Crippen MR) is 74.2 cm³/mol. The van der Waals surface area contributed by atoms with Crippen molar-refractivity contribution in [2.75, 3.05) is 32.7 Å². The molecule has 102 valence electrons. The van der Waals surface area contributed by atoms with E-state index in [1.54, 1.807) is 0 Å². The van der Waals surface area contributed by atoms with E-state index in [2.05, 4.69) is 32.6 Å². The molecular formula is C14H30N2O. The zero-order valence-electron chi connectivity index (χ0n) is 12.2. The molecule has 0 fully saturated rings. The van der Waals surface area contributed by atoms with Crippen molar-refractivity contribution in [3.63, 3.8) is 0 Å². The van der Waals surface area contributed by atoms with Crippen LogP contribution in [0.2, 0.25) is 0 Å². The van der Waals surface area contributed by atoms with Crippen LogP contribution in [0.1, 0.15) is 53.4 Å². The summed E-state index contributed by atoms with van der Waals surface area (Å²) in [6.07, 6.45) is 4.34. The van der Waals surface area contributed by atoms with Gasteiger partial charge in [0.1, 0.15) is 0 Å². The van der Waals surface area contributed by atoms with E-state index in [1.807, 2.05) is 4.90 Å². The highest BCUT2D eigenvalue weighted by atomic mass is 16.2. The van der Waals surface area contributed by atoms with Crippen LogP contribution in [-0.4, -0.2) is 48.4 Å². The van der Waals surface area contributed by atoms with Crippen LogP contribution in [0.25, 0.3) is 0 Å². The van der Waals surface area contributed by atoms with Crippen molar-refractivity contribution in [1.29, 1.82) is 0 Å². The Morgan fingerprint density at radius 3 is 1.53 bits per heavy atom. The summed E-state index contributed by atoms with van der Waals surface area (Å²) in [5, 5.41) is 0. The Morgan fingerprint density at radius 2 is 1.18 bits per heavy atom. The molecule has 17 heavy (non-hydrogen) atoms. The van der Waals surface area contributed by atoms with Crippen molar-refractivity contribution in [3.05, 3.63) is 0 Å². The molecule has 0 bridgehead atoms. The van der Waals surface area contributed by atoms with E-state index in [0.717, 1.165) is 51.9 Å². The van der Waals surface area contributed by atoms with Crippen molar-refractivity contribution >= 4 is 5.91 Å². The van der Waals surface area contributed by atoms with Crippen molar-refractivity contribution in [1.82, 2.24) is 9.80 Å². The van der Waals surface area contributed by atoms with E-state index in [9.17, 15) is 4.79 Å². The van der Waals surface area contributed by atoms with Crippen LogP contribution in [0.5, 0.6) is 0 Å². The molecule has 0 aliphatic carbocycles. The first kappa shape index (κ1) is 16.4.